The zero-order chi connectivity index (χ0) is 12.5. The van der Waals surface area contributed by atoms with Crippen LogP contribution in [0.5, 0.6) is 5.75 Å². The maximum absolute atomic E-state index is 10.9. The summed E-state index contributed by atoms with van der Waals surface area (Å²) in [5.41, 5.74) is 0.180. The first-order valence-corrected chi connectivity index (χ1v) is 5.39. The molecule has 0 spiro atoms. The smallest absolute Gasteiger partial charge is 0.339 e. The van der Waals surface area contributed by atoms with Gasteiger partial charge in [0.05, 0.1) is 19.8 Å². The third-order valence-electron chi connectivity index (χ3n) is 2.04. The van der Waals surface area contributed by atoms with Gasteiger partial charge < -0.3 is 14.6 Å². The molecule has 17 heavy (non-hydrogen) atoms. The van der Waals surface area contributed by atoms with Crippen molar-refractivity contribution in [3.05, 3.63) is 42.5 Å². The molecule has 0 aromatic heterocycles. The Morgan fingerprint density at radius 2 is 2.12 bits per heavy atom. The van der Waals surface area contributed by atoms with Crippen LogP contribution in [0.4, 0.5) is 0 Å². The van der Waals surface area contributed by atoms with Crippen molar-refractivity contribution < 1.29 is 19.4 Å². The number of para-hydroxylation sites is 1. The summed E-state index contributed by atoms with van der Waals surface area (Å²) in [6.45, 7) is 5.06. The van der Waals surface area contributed by atoms with Gasteiger partial charge in [0, 0.05) is 6.42 Å². The van der Waals surface area contributed by atoms with Crippen molar-refractivity contribution in [2.45, 2.75) is 6.42 Å². The van der Waals surface area contributed by atoms with Crippen molar-refractivity contribution >= 4 is 5.97 Å². The van der Waals surface area contributed by atoms with Gasteiger partial charge in [0.15, 0.2) is 0 Å². The lowest BCUT2D eigenvalue weighted by Gasteiger charge is -2.08. The van der Waals surface area contributed by atoms with Crippen LogP contribution in [-0.2, 0) is 4.74 Å². The average molecular weight is 236 g/mol. The first kappa shape index (κ1) is 13.3. The molecule has 0 radical (unpaired) electrons. The number of hydrogen-bond donors (Lipinski definition) is 1. The standard InChI is InChI=1S/C13H16O4/c1-2-8-16-9-5-10-17-12-7-4-3-6-11(12)13(14)15/h2-4,6-7H,1,5,8-10H2,(H,14,15). The van der Waals surface area contributed by atoms with Crippen LogP contribution < -0.4 is 4.74 Å². The normalized spacial score (nSPS) is 9.88. The fraction of sp³-hybridized carbons (Fsp3) is 0.308. The molecule has 0 fully saturated rings. The number of benzene rings is 1. The number of hydrogen-bond acceptors (Lipinski definition) is 3. The van der Waals surface area contributed by atoms with E-state index in [4.69, 9.17) is 14.6 Å². The highest BCUT2D eigenvalue weighted by atomic mass is 16.5. The molecular formula is C13H16O4. The summed E-state index contributed by atoms with van der Waals surface area (Å²) in [6, 6.07) is 6.58. The SMILES string of the molecule is C=CCOCCCOc1ccccc1C(=O)O. The summed E-state index contributed by atoms with van der Waals surface area (Å²) in [4.78, 5) is 10.9. The van der Waals surface area contributed by atoms with Crippen LogP contribution in [0.2, 0.25) is 0 Å². The highest BCUT2D eigenvalue weighted by molar-refractivity contribution is 5.90. The van der Waals surface area contributed by atoms with Crippen LogP contribution in [-0.4, -0.2) is 30.9 Å². The van der Waals surface area contributed by atoms with E-state index in [-0.39, 0.29) is 5.56 Å². The van der Waals surface area contributed by atoms with Crippen LogP contribution in [0.25, 0.3) is 0 Å². The Balaban J connectivity index is 2.36. The van der Waals surface area contributed by atoms with Crippen LogP contribution in [0, 0.1) is 0 Å². The van der Waals surface area contributed by atoms with Gasteiger partial charge in [0.25, 0.3) is 0 Å². The van der Waals surface area contributed by atoms with Gasteiger partial charge in [-0.15, -0.1) is 6.58 Å². The van der Waals surface area contributed by atoms with E-state index in [0.717, 1.165) is 0 Å². The van der Waals surface area contributed by atoms with Crippen molar-refractivity contribution in [1.29, 1.82) is 0 Å². The first-order valence-electron chi connectivity index (χ1n) is 5.39. The summed E-state index contributed by atoms with van der Waals surface area (Å²) in [7, 11) is 0. The van der Waals surface area contributed by atoms with E-state index in [9.17, 15) is 4.79 Å². The second kappa shape index (κ2) is 7.46. The molecular weight excluding hydrogens is 220 g/mol. The van der Waals surface area contributed by atoms with Gasteiger partial charge in [-0.1, -0.05) is 18.2 Å². The zero-order valence-electron chi connectivity index (χ0n) is 9.59. The molecule has 0 aliphatic carbocycles. The molecule has 4 nitrogen and oxygen atoms in total. The van der Waals surface area contributed by atoms with Gasteiger partial charge in [-0.05, 0) is 12.1 Å². The van der Waals surface area contributed by atoms with Gasteiger partial charge in [-0.2, -0.15) is 0 Å². The predicted molar refractivity (Wildman–Crippen MR) is 64.5 cm³/mol. The number of carboxylic acids is 1. The summed E-state index contributed by atoms with van der Waals surface area (Å²) in [5.74, 6) is -0.591. The third-order valence-corrected chi connectivity index (χ3v) is 2.04. The van der Waals surface area contributed by atoms with Crippen molar-refractivity contribution in [3.63, 3.8) is 0 Å². The molecule has 1 rings (SSSR count). The number of carboxylic acid groups (broad SMARTS) is 1. The van der Waals surface area contributed by atoms with Gasteiger partial charge in [0.2, 0.25) is 0 Å². The maximum atomic E-state index is 10.9. The average Bonchev–Trinajstić information content (AvgIpc) is 2.34. The molecule has 0 aliphatic heterocycles. The Morgan fingerprint density at radius 1 is 1.35 bits per heavy atom. The predicted octanol–water partition coefficient (Wildman–Crippen LogP) is 2.36. The van der Waals surface area contributed by atoms with Crippen LogP contribution in [0.1, 0.15) is 16.8 Å². The van der Waals surface area contributed by atoms with Gasteiger partial charge in [-0.25, -0.2) is 4.79 Å². The Labute approximate surface area is 100 Å². The summed E-state index contributed by atoms with van der Waals surface area (Å²) < 4.78 is 10.6. The van der Waals surface area contributed by atoms with Gasteiger partial charge in [-0.3, -0.25) is 0 Å². The monoisotopic (exact) mass is 236 g/mol. The molecule has 0 bridgehead atoms. The van der Waals surface area contributed by atoms with Gasteiger partial charge >= 0.3 is 5.97 Å². The molecule has 0 amide bonds. The zero-order valence-corrected chi connectivity index (χ0v) is 9.59. The van der Waals surface area contributed by atoms with Gasteiger partial charge in [0.1, 0.15) is 11.3 Å². The minimum Gasteiger partial charge on any atom is -0.493 e. The number of aromatic carboxylic acids is 1. The quantitative estimate of drug-likeness (QED) is 0.556. The minimum atomic E-state index is -0.983. The highest BCUT2D eigenvalue weighted by Gasteiger charge is 2.09. The van der Waals surface area contributed by atoms with E-state index in [2.05, 4.69) is 6.58 Å². The molecule has 1 aromatic carbocycles. The van der Waals surface area contributed by atoms with E-state index in [0.29, 0.717) is 32.0 Å². The first-order chi connectivity index (χ1) is 8.25. The lowest BCUT2D eigenvalue weighted by atomic mass is 10.2. The summed E-state index contributed by atoms with van der Waals surface area (Å²) >= 11 is 0. The Hall–Kier alpha value is -1.81. The maximum Gasteiger partial charge on any atom is 0.339 e. The van der Waals surface area contributed by atoms with Crippen LogP contribution in [0.15, 0.2) is 36.9 Å². The molecule has 0 saturated carbocycles. The third kappa shape index (κ3) is 4.70. The van der Waals surface area contributed by atoms with E-state index in [1.165, 1.54) is 6.07 Å². The van der Waals surface area contributed by atoms with Crippen molar-refractivity contribution in [1.82, 2.24) is 0 Å². The highest BCUT2D eigenvalue weighted by Crippen LogP contribution is 2.17. The van der Waals surface area contributed by atoms with E-state index < -0.39 is 5.97 Å². The van der Waals surface area contributed by atoms with Crippen molar-refractivity contribution in [2.24, 2.45) is 0 Å². The topological polar surface area (TPSA) is 55.8 Å². The Bertz CT molecular complexity index is 373. The van der Waals surface area contributed by atoms with E-state index >= 15 is 0 Å². The fourth-order valence-electron chi connectivity index (χ4n) is 1.28. The molecule has 0 aliphatic rings. The Kier molecular flexibility index (Phi) is 5.82. The second-order valence-electron chi connectivity index (χ2n) is 3.37. The number of ether oxygens (including phenoxy) is 2. The molecule has 4 heteroatoms. The van der Waals surface area contributed by atoms with Crippen LogP contribution in [0.3, 0.4) is 0 Å². The largest absolute Gasteiger partial charge is 0.493 e. The van der Waals surface area contributed by atoms with Crippen LogP contribution >= 0.6 is 0 Å². The second-order valence-corrected chi connectivity index (χ2v) is 3.37. The van der Waals surface area contributed by atoms with E-state index in [1.54, 1.807) is 24.3 Å². The number of carbonyl (C=O) groups is 1. The molecule has 1 N–H and O–H groups in total. The molecule has 0 atom stereocenters. The summed E-state index contributed by atoms with van der Waals surface area (Å²) in [5, 5.41) is 8.92. The minimum absolute atomic E-state index is 0.180. The molecule has 0 heterocycles. The van der Waals surface area contributed by atoms with Crippen molar-refractivity contribution in [2.75, 3.05) is 19.8 Å². The molecule has 1 aromatic rings. The Morgan fingerprint density at radius 3 is 2.82 bits per heavy atom. The summed E-state index contributed by atoms with van der Waals surface area (Å²) in [6.07, 6.45) is 2.39. The van der Waals surface area contributed by atoms with Crippen molar-refractivity contribution in [3.8, 4) is 5.75 Å². The molecule has 0 unspecified atom stereocenters. The lowest BCUT2D eigenvalue weighted by molar-refractivity contribution is 0.0691. The fourth-order valence-corrected chi connectivity index (χ4v) is 1.28. The molecule has 0 saturated heterocycles. The van der Waals surface area contributed by atoms with E-state index in [1.807, 2.05) is 0 Å². The number of rotatable bonds is 8. The molecule has 92 valence electrons. The lowest BCUT2D eigenvalue weighted by Crippen LogP contribution is -2.06.